The zero-order valence-electron chi connectivity index (χ0n) is 8.14. The van der Waals surface area contributed by atoms with Crippen LogP contribution < -0.4 is 0 Å². The van der Waals surface area contributed by atoms with Crippen LogP contribution >= 0.6 is 0 Å². The minimum Gasteiger partial charge on any atom is -0.298 e. The second kappa shape index (κ2) is 3.70. The molecule has 0 aliphatic carbocycles. The molecule has 0 aromatic carbocycles. The smallest absolute Gasteiger partial charge is 0.145 e. The normalized spacial score (nSPS) is 13.8. The highest BCUT2D eigenvalue weighted by Gasteiger charge is 2.09. The van der Waals surface area contributed by atoms with Crippen LogP contribution in [-0.4, -0.2) is 6.29 Å². The summed E-state index contributed by atoms with van der Waals surface area (Å²) in [6, 6.07) is 0. The largest absolute Gasteiger partial charge is 0.298 e. The van der Waals surface area contributed by atoms with E-state index in [9.17, 15) is 4.79 Å². The third-order valence-corrected chi connectivity index (χ3v) is 1.40. The van der Waals surface area contributed by atoms with Gasteiger partial charge in [-0.15, -0.1) is 0 Å². The standard InChI is InChI=1S/C10H18O/c1-8(2)9(7-11)6-10(3,4)5/h6-8H,1-5H3/b9-6+. The summed E-state index contributed by atoms with van der Waals surface area (Å²) in [5.41, 5.74) is 1.01. The number of carbonyl (C=O) groups excluding carboxylic acids is 1. The van der Waals surface area contributed by atoms with Crippen molar-refractivity contribution < 1.29 is 4.79 Å². The van der Waals surface area contributed by atoms with Crippen molar-refractivity contribution in [3.05, 3.63) is 11.6 Å². The molecule has 0 heterocycles. The van der Waals surface area contributed by atoms with Gasteiger partial charge in [-0.1, -0.05) is 40.7 Å². The van der Waals surface area contributed by atoms with Gasteiger partial charge in [0.2, 0.25) is 0 Å². The lowest BCUT2D eigenvalue weighted by atomic mass is 9.90. The number of aldehydes is 1. The van der Waals surface area contributed by atoms with Gasteiger partial charge in [0.25, 0.3) is 0 Å². The monoisotopic (exact) mass is 154 g/mol. The average Bonchev–Trinajstić information content (AvgIpc) is 1.80. The van der Waals surface area contributed by atoms with Crippen LogP contribution in [0.1, 0.15) is 34.6 Å². The van der Waals surface area contributed by atoms with E-state index >= 15 is 0 Å². The molecule has 0 radical (unpaired) electrons. The number of hydrogen-bond acceptors (Lipinski definition) is 1. The third-order valence-electron chi connectivity index (χ3n) is 1.40. The molecule has 0 N–H and O–H groups in total. The second-order valence-electron chi connectivity index (χ2n) is 4.28. The molecule has 64 valence electrons. The van der Waals surface area contributed by atoms with Gasteiger partial charge in [0, 0.05) is 0 Å². The van der Waals surface area contributed by atoms with Crippen molar-refractivity contribution in [1.29, 1.82) is 0 Å². The van der Waals surface area contributed by atoms with Crippen LogP contribution in [-0.2, 0) is 4.79 Å². The molecule has 0 bridgehead atoms. The van der Waals surface area contributed by atoms with E-state index in [4.69, 9.17) is 0 Å². The van der Waals surface area contributed by atoms with Crippen molar-refractivity contribution in [3.63, 3.8) is 0 Å². The number of allylic oxidation sites excluding steroid dienone is 2. The van der Waals surface area contributed by atoms with Crippen molar-refractivity contribution in [2.75, 3.05) is 0 Å². The summed E-state index contributed by atoms with van der Waals surface area (Å²) < 4.78 is 0. The van der Waals surface area contributed by atoms with Crippen LogP contribution in [0, 0.1) is 11.3 Å². The molecule has 0 unspecified atom stereocenters. The predicted octanol–water partition coefficient (Wildman–Crippen LogP) is 2.81. The molecule has 1 heteroatoms. The van der Waals surface area contributed by atoms with Gasteiger partial charge >= 0.3 is 0 Å². The van der Waals surface area contributed by atoms with Crippen molar-refractivity contribution in [3.8, 4) is 0 Å². The summed E-state index contributed by atoms with van der Waals surface area (Å²) in [5, 5.41) is 0. The molecule has 0 rings (SSSR count). The fourth-order valence-electron chi connectivity index (χ4n) is 0.837. The molecule has 0 spiro atoms. The number of rotatable bonds is 2. The van der Waals surface area contributed by atoms with Gasteiger partial charge in [-0.2, -0.15) is 0 Å². The van der Waals surface area contributed by atoms with Gasteiger partial charge < -0.3 is 0 Å². The van der Waals surface area contributed by atoms with Crippen LogP contribution in [0.15, 0.2) is 11.6 Å². The van der Waals surface area contributed by atoms with Crippen LogP contribution in [0.4, 0.5) is 0 Å². The molecule has 11 heavy (non-hydrogen) atoms. The Morgan fingerprint density at radius 1 is 1.27 bits per heavy atom. The molecule has 0 aliphatic heterocycles. The van der Waals surface area contributed by atoms with E-state index in [0.29, 0.717) is 5.92 Å². The molecule has 0 fully saturated rings. The Morgan fingerprint density at radius 2 is 1.73 bits per heavy atom. The average molecular weight is 154 g/mol. The van der Waals surface area contributed by atoms with Crippen LogP contribution in [0.2, 0.25) is 0 Å². The summed E-state index contributed by atoms with van der Waals surface area (Å²) in [7, 11) is 0. The highest BCUT2D eigenvalue weighted by atomic mass is 16.1. The zero-order chi connectivity index (χ0) is 9.07. The fraction of sp³-hybridized carbons (Fsp3) is 0.700. The van der Waals surface area contributed by atoms with E-state index in [-0.39, 0.29) is 5.41 Å². The quantitative estimate of drug-likeness (QED) is 0.441. The SMILES string of the molecule is CC(C)/C(C=O)=C/C(C)(C)C. The Morgan fingerprint density at radius 3 is 1.82 bits per heavy atom. The molecular weight excluding hydrogens is 136 g/mol. The number of carbonyl (C=O) groups is 1. The van der Waals surface area contributed by atoms with E-state index in [1.54, 1.807) is 0 Å². The first-order valence-electron chi connectivity index (χ1n) is 4.05. The van der Waals surface area contributed by atoms with E-state index in [1.165, 1.54) is 0 Å². The van der Waals surface area contributed by atoms with Crippen molar-refractivity contribution in [1.82, 2.24) is 0 Å². The number of hydrogen-bond donors (Lipinski definition) is 0. The van der Waals surface area contributed by atoms with E-state index < -0.39 is 0 Å². The van der Waals surface area contributed by atoms with E-state index in [0.717, 1.165) is 11.9 Å². The van der Waals surface area contributed by atoms with Crippen LogP contribution in [0.5, 0.6) is 0 Å². The molecule has 1 nitrogen and oxygen atoms in total. The lowest BCUT2D eigenvalue weighted by Gasteiger charge is -2.15. The van der Waals surface area contributed by atoms with Crippen LogP contribution in [0.3, 0.4) is 0 Å². The van der Waals surface area contributed by atoms with Gasteiger partial charge in [-0.3, -0.25) is 4.79 Å². The molecule has 0 atom stereocenters. The maximum Gasteiger partial charge on any atom is 0.145 e. The molecule has 0 saturated carbocycles. The van der Waals surface area contributed by atoms with Crippen molar-refractivity contribution in [2.45, 2.75) is 34.6 Å². The molecule has 0 saturated heterocycles. The molecule has 0 aliphatic rings. The Hall–Kier alpha value is -0.590. The van der Waals surface area contributed by atoms with E-state index in [2.05, 4.69) is 20.8 Å². The van der Waals surface area contributed by atoms with Gasteiger partial charge in [0.15, 0.2) is 0 Å². The van der Waals surface area contributed by atoms with Crippen LogP contribution in [0.25, 0.3) is 0 Å². The maximum absolute atomic E-state index is 10.6. The summed E-state index contributed by atoms with van der Waals surface area (Å²) in [5.74, 6) is 0.340. The van der Waals surface area contributed by atoms with Crippen molar-refractivity contribution in [2.24, 2.45) is 11.3 Å². The Labute approximate surface area is 69.5 Å². The Kier molecular flexibility index (Phi) is 3.50. The summed E-state index contributed by atoms with van der Waals surface area (Å²) in [6.45, 7) is 10.4. The fourth-order valence-corrected chi connectivity index (χ4v) is 0.837. The van der Waals surface area contributed by atoms with Gasteiger partial charge in [0.1, 0.15) is 6.29 Å². The minimum atomic E-state index is 0.112. The minimum absolute atomic E-state index is 0.112. The molecular formula is C10H18O. The van der Waals surface area contributed by atoms with Gasteiger partial charge in [0.05, 0.1) is 0 Å². The lowest BCUT2D eigenvalue weighted by Crippen LogP contribution is -2.05. The first kappa shape index (κ1) is 10.4. The first-order chi connectivity index (χ1) is 4.87. The first-order valence-corrected chi connectivity index (χ1v) is 4.05. The van der Waals surface area contributed by atoms with Crippen molar-refractivity contribution >= 4 is 6.29 Å². The second-order valence-corrected chi connectivity index (χ2v) is 4.28. The summed E-state index contributed by atoms with van der Waals surface area (Å²) in [4.78, 5) is 10.6. The predicted molar refractivity (Wildman–Crippen MR) is 48.4 cm³/mol. The lowest BCUT2D eigenvalue weighted by molar-refractivity contribution is -0.105. The Balaban J connectivity index is 4.49. The summed E-state index contributed by atoms with van der Waals surface area (Å²) >= 11 is 0. The summed E-state index contributed by atoms with van der Waals surface area (Å²) in [6.07, 6.45) is 2.99. The van der Waals surface area contributed by atoms with Gasteiger partial charge in [-0.05, 0) is 16.9 Å². The highest BCUT2D eigenvalue weighted by molar-refractivity contribution is 5.73. The topological polar surface area (TPSA) is 17.1 Å². The third kappa shape index (κ3) is 4.77. The van der Waals surface area contributed by atoms with E-state index in [1.807, 2.05) is 19.9 Å². The maximum atomic E-state index is 10.6. The Bertz CT molecular complexity index is 158. The highest BCUT2D eigenvalue weighted by Crippen LogP contribution is 2.20. The molecule has 0 aromatic rings. The molecule has 0 amide bonds. The van der Waals surface area contributed by atoms with Gasteiger partial charge in [-0.25, -0.2) is 0 Å². The molecule has 0 aromatic heterocycles. The zero-order valence-corrected chi connectivity index (χ0v) is 8.14.